The van der Waals surface area contributed by atoms with Gasteiger partial charge in [0.15, 0.2) is 29.7 Å². The second kappa shape index (κ2) is 6.88. The summed E-state index contributed by atoms with van der Waals surface area (Å²) in [5.41, 5.74) is -3.37. The summed E-state index contributed by atoms with van der Waals surface area (Å²) < 4.78 is 28.5. The highest BCUT2D eigenvalue weighted by molar-refractivity contribution is 5.94. The Bertz CT molecular complexity index is 893. The van der Waals surface area contributed by atoms with E-state index in [2.05, 4.69) is 6.58 Å². The second-order valence-electron chi connectivity index (χ2n) is 9.24. The Morgan fingerprint density at radius 1 is 1.26 bits per heavy atom. The van der Waals surface area contributed by atoms with Crippen LogP contribution in [0.25, 0.3) is 0 Å². The van der Waals surface area contributed by atoms with Gasteiger partial charge in [0.2, 0.25) is 0 Å². The fourth-order valence-corrected chi connectivity index (χ4v) is 4.89. The Hall–Kier alpha value is -2.23. The first-order chi connectivity index (χ1) is 14.4. The normalized spacial score (nSPS) is 47.8. The lowest BCUT2D eigenvalue weighted by Crippen LogP contribution is -2.59. The van der Waals surface area contributed by atoms with E-state index in [1.807, 2.05) is 6.08 Å². The predicted octanol–water partition coefficient (Wildman–Crippen LogP) is 1.32. The van der Waals surface area contributed by atoms with Crippen LogP contribution >= 0.6 is 0 Å². The van der Waals surface area contributed by atoms with Gasteiger partial charge < -0.3 is 28.8 Å². The van der Waals surface area contributed by atoms with Crippen LogP contribution in [-0.2, 0) is 38.1 Å². The standard InChI is InChI=1S/C22H28O9/c1-10-8-7-9-20(5)17-22(31-18(20)25,11(2)16(24)29-17)15(14(10)27-13(4)23)28-19(26)21(6)12(3)30-21/h8,12,14-15,17-18,25H,2,7,9H2,1,3-6H3/b10-8-/t12-,14-,15-,17-,18+,20+,21+,22+/m1/s1. The molecular formula is C22H28O9. The molecule has 2 bridgehead atoms. The van der Waals surface area contributed by atoms with E-state index in [-0.39, 0.29) is 11.7 Å². The SMILES string of the molecule is C=C1C(=O)O[C@@H]2[C@]3(C)CC/C=C(/C)[C@@H](OC(C)=O)[C@@H](OC(=O)[C@@]4(C)O[C@@H]4C)[C@@]12O[C@@H]3O. The molecule has 9 heteroatoms. The summed E-state index contributed by atoms with van der Waals surface area (Å²) in [6.07, 6.45) is -2.30. The van der Waals surface area contributed by atoms with Gasteiger partial charge in [0, 0.05) is 6.92 Å². The molecule has 31 heavy (non-hydrogen) atoms. The molecule has 0 radical (unpaired) electrons. The van der Waals surface area contributed by atoms with Crippen LogP contribution in [-0.4, -0.2) is 64.9 Å². The number of rotatable bonds is 3. The highest BCUT2D eigenvalue weighted by Gasteiger charge is 2.75. The predicted molar refractivity (Wildman–Crippen MR) is 104 cm³/mol. The zero-order valence-corrected chi connectivity index (χ0v) is 18.3. The van der Waals surface area contributed by atoms with E-state index in [1.165, 1.54) is 6.92 Å². The maximum Gasteiger partial charge on any atom is 0.341 e. The second-order valence-corrected chi connectivity index (χ2v) is 9.24. The zero-order chi connectivity index (χ0) is 22.9. The summed E-state index contributed by atoms with van der Waals surface area (Å²) in [7, 11) is 0. The van der Waals surface area contributed by atoms with Gasteiger partial charge in [-0.3, -0.25) is 4.79 Å². The van der Waals surface area contributed by atoms with Gasteiger partial charge in [-0.25, -0.2) is 9.59 Å². The molecule has 4 rings (SSSR count). The maximum atomic E-state index is 13.1. The van der Waals surface area contributed by atoms with Crippen molar-refractivity contribution in [2.75, 3.05) is 0 Å². The molecule has 0 unspecified atom stereocenters. The quantitative estimate of drug-likeness (QED) is 0.230. The summed E-state index contributed by atoms with van der Waals surface area (Å²) in [6.45, 7) is 11.9. The van der Waals surface area contributed by atoms with Crippen LogP contribution < -0.4 is 0 Å². The molecule has 0 spiro atoms. The molecule has 0 amide bonds. The number of aliphatic hydroxyl groups excluding tert-OH is 1. The Morgan fingerprint density at radius 2 is 1.90 bits per heavy atom. The summed E-state index contributed by atoms with van der Waals surface area (Å²) in [5, 5.41) is 10.9. The first kappa shape index (κ1) is 22.0. The molecule has 9 nitrogen and oxygen atoms in total. The van der Waals surface area contributed by atoms with Gasteiger partial charge in [0.1, 0.15) is 6.10 Å². The molecular weight excluding hydrogens is 408 g/mol. The fraction of sp³-hybridized carbons (Fsp3) is 0.682. The molecule has 170 valence electrons. The van der Waals surface area contributed by atoms with Crippen molar-refractivity contribution >= 4 is 17.9 Å². The summed E-state index contributed by atoms with van der Waals surface area (Å²) >= 11 is 0. The molecule has 3 fully saturated rings. The third kappa shape index (κ3) is 2.97. The van der Waals surface area contributed by atoms with Crippen molar-refractivity contribution < 1.29 is 43.2 Å². The first-order valence-corrected chi connectivity index (χ1v) is 10.4. The van der Waals surface area contributed by atoms with Crippen LogP contribution in [0.2, 0.25) is 0 Å². The Morgan fingerprint density at radius 3 is 2.48 bits per heavy atom. The summed E-state index contributed by atoms with van der Waals surface area (Å²) in [6, 6.07) is 0. The van der Waals surface area contributed by atoms with Gasteiger partial charge in [0.05, 0.1) is 17.1 Å². The van der Waals surface area contributed by atoms with E-state index in [0.717, 1.165) is 0 Å². The van der Waals surface area contributed by atoms with Crippen LogP contribution in [0, 0.1) is 5.41 Å². The van der Waals surface area contributed by atoms with Gasteiger partial charge in [-0.05, 0) is 39.2 Å². The van der Waals surface area contributed by atoms with Crippen molar-refractivity contribution in [1.82, 2.24) is 0 Å². The van der Waals surface area contributed by atoms with E-state index in [4.69, 9.17) is 23.7 Å². The molecule has 3 aliphatic heterocycles. The van der Waals surface area contributed by atoms with Gasteiger partial charge in [-0.15, -0.1) is 0 Å². The Kier molecular flexibility index (Phi) is 4.88. The van der Waals surface area contributed by atoms with E-state index >= 15 is 0 Å². The van der Waals surface area contributed by atoms with Crippen LogP contribution in [0.4, 0.5) is 0 Å². The van der Waals surface area contributed by atoms with E-state index < -0.39 is 59.1 Å². The van der Waals surface area contributed by atoms with E-state index in [1.54, 1.807) is 27.7 Å². The first-order valence-electron chi connectivity index (χ1n) is 10.4. The number of esters is 3. The lowest BCUT2D eigenvalue weighted by molar-refractivity contribution is -0.213. The lowest BCUT2D eigenvalue weighted by Gasteiger charge is -2.39. The lowest BCUT2D eigenvalue weighted by atomic mass is 9.72. The van der Waals surface area contributed by atoms with Crippen molar-refractivity contribution in [1.29, 1.82) is 0 Å². The van der Waals surface area contributed by atoms with Crippen molar-refractivity contribution in [3.8, 4) is 0 Å². The number of ether oxygens (including phenoxy) is 5. The molecule has 0 aromatic heterocycles. The molecule has 1 aliphatic carbocycles. The number of hydrogen-bond acceptors (Lipinski definition) is 9. The smallest absolute Gasteiger partial charge is 0.341 e. The number of hydrogen-bond donors (Lipinski definition) is 1. The third-order valence-electron chi connectivity index (χ3n) is 7.17. The molecule has 4 aliphatic rings. The topological polar surface area (TPSA) is 121 Å². The summed E-state index contributed by atoms with van der Waals surface area (Å²) in [4.78, 5) is 37.7. The van der Waals surface area contributed by atoms with Crippen molar-refractivity contribution in [2.24, 2.45) is 5.41 Å². The molecule has 0 aromatic carbocycles. The fourth-order valence-electron chi connectivity index (χ4n) is 4.89. The van der Waals surface area contributed by atoms with Gasteiger partial charge in [-0.1, -0.05) is 19.6 Å². The zero-order valence-electron chi connectivity index (χ0n) is 18.3. The monoisotopic (exact) mass is 436 g/mol. The highest BCUT2D eigenvalue weighted by Crippen LogP contribution is 2.58. The average molecular weight is 436 g/mol. The van der Waals surface area contributed by atoms with Gasteiger partial charge in [0.25, 0.3) is 0 Å². The molecule has 3 heterocycles. The molecule has 1 N–H and O–H groups in total. The average Bonchev–Trinajstić information content (AvgIpc) is 3.14. The number of allylic oxidation sites excluding steroid dienone is 1. The van der Waals surface area contributed by atoms with Crippen molar-refractivity contribution in [2.45, 2.75) is 89.4 Å². The number of carbonyl (C=O) groups is 3. The Labute approximate surface area is 180 Å². The molecule has 0 aromatic rings. The van der Waals surface area contributed by atoms with Crippen LogP contribution in [0.1, 0.15) is 47.5 Å². The minimum absolute atomic E-state index is 0.0974. The van der Waals surface area contributed by atoms with Crippen LogP contribution in [0.5, 0.6) is 0 Å². The van der Waals surface area contributed by atoms with Gasteiger partial charge >= 0.3 is 17.9 Å². The van der Waals surface area contributed by atoms with E-state index in [0.29, 0.717) is 18.4 Å². The number of aliphatic hydroxyl groups is 1. The maximum absolute atomic E-state index is 13.1. The number of epoxide rings is 1. The Balaban J connectivity index is 1.88. The third-order valence-corrected chi connectivity index (χ3v) is 7.17. The minimum atomic E-state index is -1.73. The molecule has 0 saturated carbocycles. The minimum Gasteiger partial charge on any atom is -0.455 e. The largest absolute Gasteiger partial charge is 0.455 e. The van der Waals surface area contributed by atoms with E-state index in [9.17, 15) is 19.5 Å². The van der Waals surface area contributed by atoms with Crippen LogP contribution in [0.15, 0.2) is 23.8 Å². The molecule has 8 atom stereocenters. The summed E-state index contributed by atoms with van der Waals surface area (Å²) in [5.74, 6) is -2.01. The number of carbonyl (C=O) groups excluding carboxylic acids is 3. The van der Waals surface area contributed by atoms with Gasteiger partial charge in [-0.2, -0.15) is 0 Å². The van der Waals surface area contributed by atoms with Crippen molar-refractivity contribution in [3.63, 3.8) is 0 Å². The van der Waals surface area contributed by atoms with Crippen LogP contribution in [0.3, 0.4) is 0 Å². The highest BCUT2D eigenvalue weighted by atomic mass is 16.7. The molecule has 3 saturated heterocycles. The van der Waals surface area contributed by atoms with Crippen molar-refractivity contribution in [3.05, 3.63) is 23.8 Å².